The first-order valence-corrected chi connectivity index (χ1v) is 7.21. The maximum Gasteiger partial charge on any atom is 0.358 e. The zero-order chi connectivity index (χ0) is 13.3. The van der Waals surface area contributed by atoms with E-state index in [2.05, 4.69) is 5.16 Å². The van der Waals surface area contributed by atoms with E-state index in [1.807, 2.05) is 24.3 Å². The van der Waals surface area contributed by atoms with Crippen molar-refractivity contribution in [3.8, 4) is 0 Å². The molecule has 0 saturated carbocycles. The molecule has 96 valence electrons. The first kappa shape index (κ1) is 11.9. The number of hydrogen-bond acceptors (Lipinski definition) is 4. The molecule has 5 heteroatoms. The molecule has 0 unspecified atom stereocenters. The van der Waals surface area contributed by atoms with Gasteiger partial charge in [0.1, 0.15) is 4.90 Å². The molecule has 0 atom stereocenters. The highest BCUT2D eigenvalue weighted by atomic mass is 32.2. The van der Waals surface area contributed by atoms with Crippen LogP contribution in [0.25, 0.3) is 0 Å². The fourth-order valence-electron chi connectivity index (χ4n) is 1.93. The molecular weight excluding hydrogens is 262 g/mol. The molecule has 0 spiro atoms. The van der Waals surface area contributed by atoms with Crippen LogP contribution in [0.4, 0.5) is 0 Å². The van der Waals surface area contributed by atoms with Gasteiger partial charge in [-0.15, -0.1) is 0 Å². The SMILES string of the molecule is O=S(=O)(ON=C1Cc2ccccc21)c1ccccc1. The van der Waals surface area contributed by atoms with E-state index in [9.17, 15) is 8.42 Å². The molecular formula is C14H11NO3S. The second-order valence-corrected chi connectivity index (χ2v) is 5.74. The lowest BCUT2D eigenvalue weighted by molar-refractivity contribution is 0.337. The van der Waals surface area contributed by atoms with Crippen LogP contribution >= 0.6 is 0 Å². The Kier molecular flexibility index (Phi) is 2.83. The van der Waals surface area contributed by atoms with E-state index in [-0.39, 0.29) is 4.90 Å². The lowest BCUT2D eigenvalue weighted by Gasteiger charge is -2.19. The number of nitrogens with zero attached hydrogens (tertiary/aromatic N) is 1. The fraction of sp³-hybridized carbons (Fsp3) is 0.0714. The summed E-state index contributed by atoms with van der Waals surface area (Å²) in [5, 5.41) is 3.75. The van der Waals surface area contributed by atoms with Gasteiger partial charge in [0.05, 0.1) is 5.71 Å². The van der Waals surface area contributed by atoms with E-state index >= 15 is 0 Å². The van der Waals surface area contributed by atoms with E-state index in [1.165, 1.54) is 12.1 Å². The van der Waals surface area contributed by atoms with Crippen molar-refractivity contribution in [2.75, 3.05) is 0 Å². The Morgan fingerprint density at radius 1 is 0.947 bits per heavy atom. The van der Waals surface area contributed by atoms with Crippen molar-refractivity contribution in [3.05, 3.63) is 65.7 Å². The summed E-state index contributed by atoms with van der Waals surface area (Å²) < 4.78 is 28.5. The summed E-state index contributed by atoms with van der Waals surface area (Å²) in [6.07, 6.45) is 0.639. The average molecular weight is 273 g/mol. The fourth-order valence-corrected chi connectivity index (χ4v) is 2.70. The highest BCUT2D eigenvalue weighted by Crippen LogP contribution is 2.23. The van der Waals surface area contributed by atoms with Crippen molar-refractivity contribution in [1.82, 2.24) is 0 Å². The summed E-state index contributed by atoms with van der Waals surface area (Å²) in [6.45, 7) is 0. The van der Waals surface area contributed by atoms with E-state index in [0.717, 1.165) is 11.1 Å². The van der Waals surface area contributed by atoms with Gasteiger partial charge in [-0.1, -0.05) is 47.6 Å². The molecule has 0 aromatic heterocycles. The predicted octanol–water partition coefficient (Wildman–Crippen LogP) is 2.35. The second-order valence-electron chi connectivity index (χ2n) is 4.21. The Hall–Kier alpha value is -2.14. The molecule has 0 heterocycles. The van der Waals surface area contributed by atoms with Crippen LogP contribution in [-0.2, 0) is 20.8 Å². The molecule has 0 fully saturated rings. The van der Waals surface area contributed by atoms with Gasteiger partial charge in [-0.25, -0.2) is 0 Å². The quantitative estimate of drug-likeness (QED) is 0.807. The first-order chi connectivity index (χ1) is 9.17. The third-order valence-electron chi connectivity index (χ3n) is 2.96. The summed E-state index contributed by atoms with van der Waals surface area (Å²) in [5.74, 6) is 0. The van der Waals surface area contributed by atoms with Crippen LogP contribution in [0.5, 0.6) is 0 Å². The molecule has 2 aromatic rings. The molecule has 4 nitrogen and oxygen atoms in total. The Morgan fingerprint density at radius 2 is 1.63 bits per heavy atom. The molecule has 1 aliphatic rings. The number of benzene rings is 2. The van der Waals surface area contributed by atoms with Crippen LogP contribution in [0.3, 0.4) is 0 Å². The third kappa shape index (κ3) is 2.24. The summed E-state index contributed by atoms with van der Waals surface area (Å²) >= 11 is 0. The first-order valence-electron chi connectivity index (χ1n) is 5.81. The van der Waals surface area contributed by atoms with Crippen molar-refractivity contribution >= 4 is 15.8 Å². The molecule has 19 heavy (non-hydrogen) atoms. The van der Waals surface area contributed by atoms with E-state index < -0.39 is 10.1 Å². The second kappa shape index (κ2) is 4.51. The molecule has 0 N–H and O–H groups in total. The van der Waals surface area contributed by atoms with Crippen LogP contribution in [0.1, 0.15) is 11.1 Å². The Bertz CT molecular complexity index is 736. The molecule has 0 saturated heterocycles. The van der Waals surface area contributed by atoms with Crippen LogP contribution < -0.4 is 0 Å². The third-order valence-corrected chi connectivity index (χ3v) is 4.08. The van der Waals surface area contributed by atoms with Crippen molar-refractivity contribution in [2.24, 2.45) is 5.16 Å². The smallest absolute Gasteiger partial charge is 0.264 e. The van der Waals surface area contributed by atoms with E-state index in [1.54, 1.807) is 18.2 Å². The minimum Gasteiger partial charge on any atom is -0.264 e. The van der Waals surface area contributed by atoms with Crippen LogP contribution in [0.15, 0.2) is 64.6 Å². The minimum atomic E-state index is -3.82. The van der Waals surface area contributed by atoms with Gasteiger partial charge >= 0.3 is 10.1 Å². The standard InChI is InChI=1S/C14H11NO3S/c16-19(17,12-7-2-1-3-8-12)18-15-14-10-11-6-4-5-9-13(11)14/h1-9H,10H2. The highest BCUT2D eigenvalue weighted by Gasteiger charge is 2.22. The monoisotopic (exact) mass is 273 g/mol. The van der Waals surface area contributed by atoms with Gasteiger partial charge < -0.3 is 0 Å². The van der Waals surface area contributed by atoms with Gasteiger partial charge in [-0.3, -0.25) is 4.28 Å². The molecule has 0 aliphatic heterocycles. The summed E-state index contributed by atoms with van der Waals surface area (Å²) in [4.78, 5) is 0.104. The Morgan fingerprint density at radius 3 is 2.37 bits per heavy atom. The summed E-state index contributed by atoms with van der Waals surface area (Å²) in [5.41, 5.74) is 2.77. The van der Waals surface area contributed by atoms with Gasteiger partial charge in [0.15, 0.2) is 0 Å². The molecule has 3 rings (SSSR count). The van der Waals surface area contributed by atoms with Crippen molar-refractivity contribution in [3.63, 3.8) is 0 Å². The Labute approximate surface area is 111 Å². The summed E-state index contributed by atoms with van der Waals surface area (Å²) in [6, 6.07) is 15.7. The highest BCUT2D eigenvalue weighted by molar-refractivity contribution is 7.86. The molecule has 2 aromatic carbocycles. The average Bonchev–Trinajstić information content (AvgIpc) is 2.41. The Balaban J connectivity index is 1.82. The van der Waals surface area contributed by atoms with Gasteiger partial charge in [0.25, 0.3) is 0 Å². The van der Waals surface area contributed by atoms with Gasteiger partial charge in [0.2, 0.25) is 0 Å². The number of oxime groups is 1. The topological polar surface area (TPSA) is 55.7 Å². The van der Waals surface area contributed by atoms with Crippen LogP contribution in [0.2, 0.25) is 0 Å². The number of fused-ring (bicyclic) bond motifs is 1. The zero-order valence-corrected chi connectivity index (χ0v) is 10.8. The number of hydrogen-bond donors (Lipinski definition) is 0. The normalized spacial score (nSPS) is 15.7. The molecule has 0 amide bonds. The van der Waals surface area contributed by atoms with Gasteiger partial charge in [0, 0.05) is 12.0 Å². The largest absolute Gasteiger partial charge is 0.358 e. The lowest BCUT2D eigenvalue weighted by atomic mass is 9.87. The van der Waals surface area contributed by atoms with Crippen molar-refractivity contribution < 1.29 is 12.7 Å². The minimum absolute atomic E-state index is 0.104. The zero-order valence-electron chi connectivity index (χ0n) is 9.98. The van der Waals surface area contributed by atoms with Crippen molar-refractivity contribution in [2.45, 2.75) is 11.3 Å². The molecule has 0 bridgehead atoms. The molecule has 1 aliphatic carbocycles. The molecule has 0 radical (unpaired) electrons. The summed E-state index contributed by atoms with van der Waals surface area (Å²) in [7, 11) is -3.82. The van der Waals surface area contributed by atoms with Gasteiger partial charge in [-0.2, -0.15) is 8.42 Å². The van der Waals surface area contributed by atoms with Crippen molar-refractivity contribution in [1.29, 1.82) is 0 Å². The maximum absolute atomic E-state index is 11.9. The van der Waals surface area contributed by atoms with Gasteiger partial charge in [-0.05, 0) is 17.7 Å². The maximum atomic E-state index is 11.9. The van der Waals surface area contributed by atoms with E-state index in [4.69, 9.17) is 4.28 Å². The predicted molar refractivity (Wildman–Crippen MR) is 71.4 cm³/mol. The lowest BCUT2D eigenvalue weighted by Crippen LogP contribution is -2.20. The van der Waals surface area contributed by atoms with Crippen LogP contribution in [-0.4, -0.2) is 14.1 Å². The van der Waals surface area contributed by atoms with E-state index in [0.29, 0.717) is 12.1 Å². The van der Waals surface area contributed by atoms with Crippen LogP contribution in [0, 0.1) is 0 Å². The number of rotatable bonds is 3.